The zero-order valence-electron chi connectivity index (χ0n) is 5.21. The lowest BCUT2D eigenvalue weighted by Crippen LogP contribution is -1.85. The number of hydrogen-bond acceptors (Lipinski definition) is 2. The molecule has 9 heavy (non-hydrogen) atoms. The summed E-state index contributed by atoms with van der Waals surface area (Å²) in [6.07, 6.45) is 2.08. The maximum absolute atomic E-state index is 11.6. The number of aromatic nitrogens is 3. The van der Waals surface area contributed by atoms with Crippen molar-refractivity contribution >= 4 is 0 Å². The lowest BCUT2D eigenvalue weighted by atomic mass is 10.4. The van der Waals surface area contributed by atoms with E-state index < -0.39 is 0 Å². The molecule has 0 radical (unpaired) electrons. The maximum atomic E-state index is 11.6. The van der Waals surface area contributed by atoms with Crippen LogP contribution in [0.2, 0.25) is 0 Å². The normalized spacial score (nSPS) is 10.0. The van der Waals surface area contributed by atoms with E-state index in [4.69, 9.17) is 0 Å². The molecule has 0 N–H and O–H groups in total. The smallest absolute Gasteiger partial charge is 0.0951 e. The molecule has 50 valence electrons. The van der Waals surface area contributed by atoms with Gasteiger partial charge in [0.15, 0.2) is 0 Å². The van der Waals surface area contributed by atoms with Gasteiger partial charge < -0.3 is 0 Å². The van der Waals surface area contributed by atoms with Gasteiger partial charge in [0.05, 0.1) is 12.4 Å². The molecule has 1 aromatic rings. The van der Waals surface area contributed by atoms with Crippen LogP contribution in [-0.2, 0) is 13.5 Å². The number of nitrogens with zero attached hydrogens (tertiary/aromatic N) is 3. The third kappa shape index (κ3) is 1.48. The summed E-state index contributed by atoms with van der Waals surface area (Å²) in [7, 11) is 1.76. The van der Waals surface area contributed by atoms with Crippen molar-refractivity contribution in [2.45, 2.75) is 6.42 Å². The van der Waals surface area contributed by atoms with E-state index in [2.05, 4.69) is 10.3 Å². The topological polar surface area (TPSA) is 30.7 Å². The third-order valence-corrected chi connectivity index (χ3v) is 1.00. The van der Waals surface area contributed by atoms with E-state index in [1.54, 1.807) is 17.9 Å². The Kier molecular flexibility index (Phi) is 1.77. The van der Waals surface area contributed by atoms with E-state index in [0.717, 1.165) is 0 Å². The molecule has 0 amide bonds. The summed E-state index contributed by atoms with van der Waals surface area (Å²) in [4.78, 5) is 0. The highest BCUT2D eigenvalue weighted by molar-refractivity contribution is 4.91. The molecule has 0 aromatic carbocycles. The van der Waals surface area contributed by atoms with E-state index in [-0.39, 0.29) is 6.67 Å². The number of alkyl halides is 1. The minimum atomic E-state index is -0.362. The second-order valence-corrected chi connectivity index (χ2v) is 1.82. The Morgan fingerprint density at radius 2 is 2.56 bits per heavy atom. The van der Waals surface area contributed by atoms with Crippen molar-refractivity contribution in [2.75, 3.05) is 6.67 Å². The Morgan fingerprint density at radius 1 is 1.78 bits per heavy atom. The van der Waals surface area contributed by atoms with Gasteiger partial charge in [-0.2, -0.15) is 0 Å². The predicted molar refractivity (Wildman–Crippen MR) is 30.7 cm³/mol. The Hall–Kier alpha value is -0.930. The highest BCUT2D eigenvalue weighted by Crippen LogP contribution is 1.91. The first-order valence-electron chi connectivity index (χ1n) is 2.74. The zero-order valence-corrected chi connectivity index (χ0v) is 5.21. The molecule has 1 heterocycles. The molecule has 0 aliphatic rings. The van der Waals surface area contributed by atoms with Crippen LogP contribution in [-0.4, -0.2) is 21.7 Å². The van der Waals surface area contributed by atoms with Crippen molar-refractivity contribution in [3.63, 3.8) is 0 Å². The van der Waals surface area contributed by atoms with Gasteiger partial charge in [0.25, 0.3) is 0 Å². The van der Waals surface area contributed by atoms with Gasteiger partial charge in [-0.3, -0.25) is 9.07 Å². The molecule has 3 nitrogen and oxygen atoms in total. The monoisotopic (exact) mass is 129 g/mol. The quantitative estimate of drug-likeness (QED) is 0.576. The lowest BCUT2D eigenvalue weighted by Gasteiger charge is -1.82. The summed E-state index contributed by atoms with van der Waals surface area (Å²) in [6.45, 7) is -0.362. The van der Waals surface area contributed by atoms with Crippen LogP contribution in [0.15, 0.2) is 6.20 Å². The molecule has 0 atom stereocenters. The molecule has 4 heteroatoms. The van der Waals surface area contributed by atoms with Gasteiger partial charge in [0.1, 0.15) is 0 Å². The Morgan fingerprint density at radius 3 is 3.00 bits per heavy atom. The third-order valence-electron chi connectivity index (χ3n) is 1.00. The summed E-state index contributed by atoms with van der Waals surface area (Å²) in [6, 6.07) is 0. The Balaban J connectivity index is 2.61. The zero-order chi connectivity index (χ0) is 6.69. The van der Waals surface area contributed by atoms with Gasteiger partial charge in [0, 0.05) is 19.7 Å². The standard InChI is InChI=1S/C5H8FN3/c1-9-4-5(2-3-6)7-8-9/h4H,2-3H2,1H3. The summed E-state index contributed by atoms with van der Waals surface area (Å²) in [5.74, 6) is 0. The average molecular weight is 129 g/mol. The van der Waals surface area contributed by atoms with E-state index in [9.17, 15) is 4.39 Å². The Labute approximate surface area is 52.5 Å². The molecule has 0 spiro atoms. The first-order valence-corrected chi connectivity index (χ1v) is 2.74. The molecule has 0 saturated carbocycles. The van der Waals surface area contributed by atoms with Crippen molar-refractivity contribution in [1.82, 2.24) is 15.0 Å². The van der Waals surface area contributed by atoms with Gasteiger partial charge in [-0.25, -0.2) is 0 Å². The van der Waals surface area contributed by atoms with Crippen LogP contribution in [0.5, 0.6) is 0 Å². The van der Waals surface area contributed by atoms with E-state index in [0.29, 0.717) is 12.1 Å². The highest BCUT2D eigenvalue weighted by Gasteiger charge is 1.94. The van der Waals surface area contributed by atoms with Crippen LogP contribution in [0.3, 0.4) is 0 Å². The van der Waals surface area contributed by atoms with E-state index in [1.165, 1.54) is 0 Å². The fourth-order valence-electron chi connectivity index (χ4n) is 0.607. The summed E-state index contributed by atoms with van der Waals surface area (Å²) in [5, 5.41) is 7.31. The van der Waals surface area contributed by atoms with Gasteiger partial charge in [-0.1, -0.05) is 5.21 Å². The van der Waals surface area contributed by atoms with Crippen LogP contribution >= 0.6 is 0 Å². The number of hydrogen-bond donors (Lipinski definition) is 0. The molecule has 0 unspecified atom stereocenters. The van der Waals surface area contributed by atoms with Crippen LogP contribution in [0, 0.1) is 0 Å². The fraction of sp³-hybridized carbons (Fsp3) is 0.600. The van der Waals surface area contributed by atoms with Crippen molar-refractivity contribution < 1.29 is 4.39 Å². The first-order chi connectivity index (χ1) is 4.33. The minimum Gasteiger partial charge on any atom is -0.255 e. The van der Waals surface area contributed by atoms with Crippen molar-refractivity contribution in [3.8, 4) is 0 Å². The van der Waals surface area contributed by atoms with Crippen LogP contribution in [0.1, 0.15) is 5.69 Å². The van der Waals surface area contributed by atoms with Gasteiger partial charge in [0.2, 0.25) is 0 Å². The van der Waals surface area contributed by atoms with Crippen molar-refractivity contribution in [3.05, 3.63) is 11.9 Å². The van der Waals surface area contributed by atoms with E-state index >= 15 is 0 Å². The first kappa shape index (κ1) is 6.19. The number of aryl methyl sites for hydroxylation is 2. The molecule has 1 aromatic heterocycles. The van der Waals surface area contributed by atoms with Gasteiger partial charge in [-0.05, 0) is 0 Å². The molecule has 0 saturated heterocycles. The number of halogens is 1. The second-order valence-electron chi connectivity index (χ2n) is 1.82. The van der Waals surface area contributed by atoms with Crippen molar-refractivity contribution in [2.24, 2.45) is 7.05 Å². The van der Waals surface area contributed by atoms with E-state index in [1.807, 2.05) is 0 Å². The van der Waals surface area contributed by atoms with Crippen LogP contribution < -0.4 is 0 Å². The summed E-state index contributed by atoms with van der Waals surface area (Å²) in [5.41, 5.74) is 0.708. The fourth-order valence-corrected chi connectivity index (χ4v) is 0.607. The molecular formula is C5H8FN3. The molecule has 0 aliphatic heterocycles. The molecular weight excluding hydrogens is 121 g/mol. The van der Waals surface area contributed by atoms with Crippen LogP contribution in [0.4, 0.5) is 4.39 Å². The molecule has 0 aliphatic carbocycles. The summed E-state index contributed by atoms with van der Waals surface area (Å²) >= 11 is 0. The summed E-state index contributed by atoms with van der Waals surface area (Å²) < 4.78 is 13.2. The van der Waals surface area contributed by atoms with Gasteiger partial charge in [-0.15, -0.1) is 5.10 Å². The minimum absolute atomic E-state index is 0.362. The number of rotatable bonds is 2. The Bertz CT molecular complexity index is 184. The molecule has 0 bridgehead atoms. The highest BCUT2D eigenvalue weighted by atomic mass is 19.1. The maximum Gasteiger partial charge on any atom is 0.0951 e. The predicted octanol–water partition coefficient (Wildman–Crippen LogP) is 0.327. The van der Waals surface area contributed by atoms with Crippen molar-refractivity contribution in [1.29, 1.82) is 0 Å². The second kappa shape index (κ2) is 2.57. The molecule has 0 fully saturated rings. The largest absolute Gasteiger partial charge is 0.255 e. The molecule has 1 rings (SSSR count). The average Bonchev–Trinajstić information content (AvgIpc) is 2.17. The SMILES string of the molecule is Cn1cc(CCF)nn1. The van der Waals surface area contributed by atoms with Crippen LogP contribution in [0.25, 0.3) is 0 Å². The van der Waals surface area contributed by atoms with Gasteiger partial charge >= 0.3 is 0 Å². The lowest BCUT2D eigenvalue weighted by molar-refractivity contribution is 0.491.